The topological polar surface area (TPSA) is 113 Å². The van der Waals surface area contributed by atoms with E-state index in [1.807, 2.05) is 13.8 Å². The Hall–Kier alpha value is -4.26. The van der Waals surface area contributed by atoms with Crippen LogP contribution < -0.4 is 16.3 Å². The van der Waals surface area contributed by atoms with E-state index >= 15 is 0 Å². The van der Waals surface area contributed by atoms with Gasteiger partial charge < -0.3 is 10.3 Å². The Morgan fingerprint density at radius 1 is 1.05 bits per heavy atom. The summed E-state index contributed by atoms with van der Waals surface area (Å²) in [6, 6.07) is 6.45. The van der Waals surface area contributed by atoms with Gasteiger partial charge in [-0.2, -0.15) is 13.2 Å². The molecule has 0 fully saturated rings. The van der Waals surface area contributed by atoms with Gasteiger partial charge in [0.25, 0.3) is 5.56 Å². The van der Waals surface area contributed by atoms with Crippen LogP contribution in [0.15, 0.2) is 59.9 Å². The zero-order chi connectivity index (χ0) is 26.7. The Morgan fingerprint density at radius 2 is 1.78 bits per heavy atom. The fraction of sp³-hybridized carbons (Fsp3) is 0.174. The van der Waals surface area contributed by atoms with Crippen molar-refractivity contribution in [3.8, 4) is 0 Å². The van der Waals surface area contributed by atoms with Crippen molar-refractivity contribution in [2.24, 2.45) is 0 Å². The van der Waals surface area contributed by atoms with E-state index in [1.165, 1.54) is 36.7 Å². The maximum Gasteiger partial charge on any atom is 0.415 e. The Kier molecular flexibility index (Phi) is 7.25. The smallest absolute Gasteiger partial charge is 0.351 e. The molecular formula is C23H19ClF4N8O. The molecule has 1 unspecified atom stereocenters. The second-order valence-electron chi connectivity index (χ2n) is 7.31. The van der Waals surface area contributed by atoms with E-state index < -0.39 is 29.4 Å². The second-order valence-corrected chi connectivity index (χ2v) is 7.71. The molecule has 0 saturated heterocycles. The third-order valence-electron chi connectivity index (χ3n) is 5.05. The number of anilines is 2. The molecule has 9 nitrogen and oxygen atoms in total. The molecule has 0 aliphatic heterocycles. The number of aromatic amines is 1. The molecule has 0 aliphatic rings. The average Bonchev–Trinajstić information content (AvgIpc) is 3.36. The molecule has 5 aromatic rings. The number of hydrogen-bond acceptors (Lipinski definition) is 7. The zero-order valence-electron chi connectivity index (χ0n) is 19.3. The summed E-state index contributed by atoms with van der Waals surface area (Å²) in [4.78, 5) is 31.9. The number of nitrogens with one attached hydrogen (secondary N) is 3. The number of alkyl halides is 3. The molecule has 2 aromatic carbocycles. The molecule has 0 radical (unpaired) electrons. The monoisotopic (exact) mass is 534 g/mol. The fourth-order valence-electron chi connectivity index (χ4n) is 3.47. The third kappa shape index (κ3) is 5.16. The first-order chi connectivity index (χ1) is 17.7. The van der Waals surface area contributed by atoms with E-state index in [9.17, 15) is 22.4 Å². The van der Waals surface area contributed by atoms with Crippen LogP contribution in [0, 0.1) is 5.82 Å². The number of imidazole rings is 1. The summed E-state index contributed by atoms with van der Waals surface area (Å²) in [7, 11) is 0. The molecule has 0 aliphatic carbocycles. The van der Waals surface area contributed by atoms with Crippen LogP contribution in [0.1, 0.15) is 25.7 Å². The Bertz CT molecular complexity index is 1600. The quantitative estimate of drug-likeness (QED) is 0.256. The van der Waals surface area contributed by atoms with Gasteiger partial charge in [0.1, 0.15) is 17.7 Å². The molecule has 0 bridgehead atoms. The van der Waals surface area contributed by atoms with Crippen molar-refractivity contribution in [1.29, 1.82) is 0 Å². The number of nitrogens with zero attached hydrogens (tertiary/aromatic N) is 5. The van der Waals surface area contributed by atoms with Gasteiger partial charge in [-0.25, -0.2) is 29.0 Å². The van der Waals surface area contributed by atoms with Crippen molar-refractivity contribution in [1.82, 2.24) is 29.6 Å². The number of H-pyrrole nitrogens is 1. The predicted molar refractivity (Wildman–Crippen MR) is 132 cm³/mol. The van der Waals surface area contributed by atoms with Crippen LogP contribution in [-0.4, -0.2) is 35.8 Å². The van der Waals surface area contributed by atoms with Crippen molar-refractivity contribution in [2.75, 3.05) is 10.7 Å². The van der Waals surface area contributed by atoms with Crippen LogP contribution in [0.3, 0.4) is 0 Å². The first kappa shape index (κ1) is 25.8. The highest BCUT2D eigenvalue weighted by Crippen LogP contribution is 2.36. The SMILES string of the molecule is CC.O=c1c2c(Cl)cccc2nc(C(Nc2ncnc3nc[nH]c23)C(F)(F)F)n1Nc1ccc(F)cc1. The first-order valence-corrected chi connectivity index (χ1v) is 11.3. The van der Waals surface area contributed by atoms with E-state index in [-0.39, 0.29) is 38.6 Å². The van der Waals surface area contributed by atoms with Gasteiger partial charge in [0.2, 0.25) is 0 Å². The largest absolute Gasteiger partial charge is 0.415 e. The molecule has 3 heterocycles. The average molecular weight is 535 g/mol. The maximum absolute atomic E-state index is 14.4. The summed E-state index contributed by atoms with van der Waals surface area (Å²) in [5, 5.41) is 2.22. The molecule has 3 aromatic heterocycles. The van der Waals surface area contributed by atoms with E-state index in [4.69, 9.17) is 11.6 Å². The Morgan fingerprint density at radius 3 is 2.49 bits per heavy atom. The second kappa shape index (κ2) is 10.4. The molecular weight excluding hydrogens is 516 g/mol. The van der Waals surface area contributed by atoms with Crippen LogP contribution in [0.4, 0.5) is 29.1 Å². The van der Waals surface area contributed by atoms with Crippen molar-refractivity contribution in [3.63, 3.8) is 0 Å². The van der Waals surface area contributed by atoms with Crippen molar-refractivity contribution in [2.45, 2.75) is 26.1 Å². The van der Waals surface area contributed by atoms with Crippen LogP contribution in [-0.2, 0) is 0 Å². The molecule has 1 atom stereocenters. The number of aromatic nitrogens is 6. The normalized spacial score (nSPS) is 12.2. The lowest BCUT2D eigenvalue weighted by Crippen LogP contribution is -2.39. The van der Waals surface area contributed by atoms with Gasteiger partial charge >= 0.3 is 6.18 Å². The van der Waals surface area contributed by atoms with E-state index in [0.717, 1.165) is 18.5 Å². The van der Waals surface area contributed by atoms with Crippen LogP contribution >= 0.6 is 11.6 Å². The fourth-order valence-corrected chi connectivity index (χ4v) is 3.72. The van der Waals surface area contributed by atoms with Gasteiger partial charge in [-0.15, -0.1) is 0 Å². The van der Waals surface area contributed by atoms with Crippen LogP contribution in [0.25, 0.3) is 22.1 Å². The maximum atomic E-state index is 14.4. The van der Waals surface area contributed by atoms with Crippen LogP contribution in [0.5, 0.6) is 0 Å². The van der Waals surface area contributed by atoms with Gasteiger partial charge in [-0.3, -0.25) is 10.2 Å². The predicted octanol–water partition coefficient (Wildman–Crippen LogP) is 5.47. The zero-order valence-corrected chi connectivity index (χ0v) is 20.1. The van der Waals surface area contributed by atoms with E-state index in [2.05, 4.69) is 35.7 Å². The van der Waals surface area contributed by atoms with Gasteiger partial charge in [-0.05, 0) is 36.4 Å². The number of halogens is 5. The Balaban J connectivity index is 0.00000156. The summed E-state index contributed by atoms with van der Waals surface area (Å²) in [5.74, 6) is -1.50. The van der Waals surface area contributed by atoms with Crippen molar-refractivity contribution >= 4 is 45.2 Å². The summed E-state index contributed by atoms with van der Waals surface area (Å²) in [6.45, 7) is 4.00. The van der Waals surface area contributed by atoms with E-state index in [1.54, 1.807) is 0 Å². The van der Waals surface area contributed by atoms with Gasteiger partial charge in [-0.1, -0.05) is 31.5 Å². The summed E-state index contributed by atoms with van der Waals surface area (Å²) < 4.78 is 57.2. The molecule has 37 heavy (non-hydrogen) atoms. The lowest BCUT2D eigenvalue weighted by molar-refractivity contribution is -0.146. The van der Waals surface area contributed by atoms with Crippen LogP contribution in [0.2, 0.25) is 5.02 Å². The minimum absolute atomic E-state index is 0.00712. The minimum atomic E-state index is -4.94. The number of fused-ring (bicyclic) bond motifs is 2. The number of benzene rings is 2. The highest BCUT2D eigenvalue weighted by molar-refractivity contribution is 6.35. The van der Waals surface area contributed by atoms with Gasteiger partial charge in [0, 0.05) is 0 Å². The highest BCUT2D eigenvalue weighted by atomic mass is 35.5. The number of rotatable bonds is 5. The van der Waals surface area contributed by atoms with Crippen molar-refractivity contribution < 1.29 is 17.6 Å². The summed E-state index contributed by atoms with van der Waals surface area (Å²) in [6.07, 6.45) is -2.62. The Labute approximate surface area is 211 Å². The lowest BCUT2D eigenvalue weighted by Gasteiger charge is -2.25. The minimum Gasteiger partial charge on any atom is -0.351 e. The molecule has 0 amide bonds. The summed E-state index contributed by atoms with van der Waals surface area (Å²) in [5.41, 5.74) is 2.07. The molecule has 192 valence electrons. The molecule has 0 saturated carbocycles. The molecule has 3 N–H and O–H groups in total. The molecule has 5 rings (SSSR count). The van der Waals surface area contributed by atoms with Gasteiger partial charge in [0.05, 0.1) is 27.9 Å². The highest BCUT2D eigenvalue weighted by Gasteiger charge is 2.45. The molecule has 14 heteroatoms. The van der Waals surface area contributed by atoms with Gasteiger partial charge in [0.15, 0.2) is 23.3 Å². The molecule has 0 spiro atoms. The summed E-state index contributed by atoms with van der Waals surface area (Å²) >= 11 is 6.17. The lowest BCUT2D eigenvalue weighted by atomic mass is 10.2. The van der Waals surface area contributed by atoms with Crippen molar-refractivity contribution in [3.05, 3.63) is 82.1 Å². The van der Waals surface area contributed by atoms with E-state index in [0.29, 0.717) is 4.68 Å². The first-order valence-electron chi connectivity index (χ1n) is 10.9. The standard InChI is InChI=1S/C21H13ClF4N8O.C2H6/c22-12-2-1-3-13-14(12)20(35)34(33-11-6-4-10(23)5-7-11)19(31-13)16(21(24,25)26)32-18-15-17(28-8-27-15)29-9-30-18;1-2/h1-9,16,33H,(H2,27,28,29,30,32);1-2H3. The number of hydrogen-bond donors (Lipinski definition) is 3. The third-order valence-corrected chi connectivity index (χ3v) is 5.36.